The van der Waals surface area contributed by atoms with Crippen molar-refractivity contribution in [2.75, 3.05) is 13.2 Å². The summed E-state index contributed by atoms with van der Waals surface area (Å²) >= 11 is 0. The van der Waals surface area contributed by atoms with Crippen LogP contribution in [0.5, 0.6) is 0 Å². The number of amides is 1. The van der Waals surface area contributed by atoms with Gasteiger partial charge >= 0.3 is 29.6 Å². The van der Waals surface area contributed by atoms with Crippen molar-refractivity contribution >= 4 is 16.3 Å². The third-order valence-corrected chi connectivity index (χ3v) is 4.22. The third kappa shape index (κ3) is 14.8. The zero-order valence-corrected chi connectivity index (χ0v) is 18.7. The largest absolute Gasteiger partial charge is 1.00 e. The van der Waals surface area contributed by atoms with Crippen molar-refractivity contribution in [3.8, 4) is 0 Å². The van der Waals surface area contributed by atoms with Crippen LogP contribution < -0.4 is 34.9 Å². The summed E-state index contributed by atoms with van der Waals surface area (Å²) in [5.41, 5.74) is 0. The standard InChI is InChI=1S/C15H31NO9S.Na/c1-2-3-4-5-6-7-8-9-16-15(21)14(20)13(19)12(18)11(17)10-25-26(22,23)24;/h11-14,17-20H,2-10H2,1H3,(H,16,21)(H,22,23,24);/q;+1/p-1/t11-,12-,13+,14-;/m1./s1. The van der Waals surface area contributed by atoms with Gasteiger partial charge in [0.1, 0.15) is 18.3 Å². The van der Waals surface area contributed by atoms with Crippen LogP contribution in [-0.4, -0.2) is 76.9 Å². The van der Waals surface area contributed by atoms with Gasteiger partial charge in [-0.05, 0) is 6.42 Å². The topological polar surface area (TPSA) is 176 Å². The van der Waals surface area contributed by atoms with E-state index in [9.17, 15) is 38.2 Å². The van der Waals surface area contributed by atoms with E-state index in [4.69, 9.17) is 0 Å². The normalized spacial score (nSPS) is 16.1. The summed E-state index contributed by atoms with van der Waals surface area (Å²) in [6, 6.07) is 0. The first-order chi connectivity index (χ1) is 12.1. The summed E-state index contributed by atoms with van der Waals surface area (Å²) in [5, 5.41) is 40.8. The summed E-state index contributed by atoms with van der Waals surface area (Å²) < 4.78 is 34.5. The molecule has 156 valence electrons. The van der Waals surface area contributed by atoms with E-state index in [2.05, 4.69) is 16.4 Å². The number of hydrogen-bond donors (Lipinski definition) is 5. The first-order valence-corrected chi connectivity index (χ1v) is 10.0. The number of nitrogens with one attached hydrogen (secondary N) is 1. The van der Waals surface area contributed by atoms with Gasteiger partial charge in [-0.1, -0.05) is 45.4 Å². The van der Waals surface area contributed by atoms with Gasteiger partial charge in [0, 0.05) is 6.54 Å². The number of hydrogen-bond acceptors (Lipinski definition) is 9. The zero-order chi connectivity index (χ0) is 20.2. The van der Waals surface area contributed by atoms with Crippen molar-refractivity contribution in [2.45, 2.75) is 76.3 Å². The second kappa shape index (κ2) is 16.0. The Morgan fingerprint density at radius 2 is 1.52 bits per heavy atom. The van der Waals surface area contributed by atoms with Crippen LogP contribution in [0.15, 0.2) is 0 Å². The van der Waals surface area contributed by atoms with Crippen LogP contribution in [0.1, 0.15) is 51.9 Å². The Morgan fingerprint density at radius 1 is 1.00 bits per heavy atom. The molecule has 0 fully saturated rings. The van der Waals surface area contributed by atoms with E-state index >= 15 is 0 Å². The Hall–Kier alpha value is 0.180. The summed E-state index contributed by atoms with van der Waals surface area (Å²) in [5.74, 6) is -0.938. The molecule has 0 aromatic carbocycles. The second-order valence-corrected chi connectivity index (χ2v) is 7.15. The maximum Gasteiger partial charge on any atom is 1.00 e. The molecule has 27 heavy (non-hydrogen) atoms. The SMILES string of the molecule is CCCCCCCCCNC(=O)[C@H](O)[C@@H](O)[C@H](O)[C@H](O)COS(=O)(=O)[O-].[Na+]. The van der Waals surface area contributed by atoms with Gasteiger partial charge in [-0.25, -0.2) is 8.42 Å². The minimum Gasteiger partial charge on any atom is -0.726 e. The van der Waals surface area contributed by atoms with Crippen LogP contribution in [0.2, 0.25) is 0 Å². The molecule has 0 heterocycles. The summed E-state index contributed by atoms with van der Waals surface area (Å²) in [7, 11) is -5.08. The molecule has 0 aliphatic rings. The number of rotatable bonds is 15. The monoisotopic (exact) mass is 423 g/mol. The molecule has 4 atom stereocenters. The summed E-state index contributed by atoms with van der Waals surface area (Å²) in [6.45, 7) is 1.30. The molecule has 12 heteroatoms. The van der Waals surface area contributed by atoms with Crippen LogP contribution in [0, 0.1) is 0 Å². The average molecular weight is 423 g/mol. The molecule has 0 radical (unpaired) electrons. The van der Waals surface area contributed by atoms with Crippen LogP contribution in [0.4, 0.5) is 0 Å². The minimum absolute atomic E-state index is 0. The van der Waals surface area contributed by atoms with E-state index in [1.165, 1.54) is 12.8 Å². The number of carbonyl (C=O) groups excluding carboxylic acids is 1. The van der Waals surface area contributed by atoms with Gasteiger partial charge < -0.3 is 30.3 Å². The zero-order valence-electron chi connectivity index (χ0n) is 15.9. The van der Waals surface area contributed by atoms with Crippen LogP contribution in [-0.2, 0) is 19.4 Å². The molecule has 0 aliphatic heterocycles. The van der Waals surface area contributed by atoms with Crippen molar-refractivity contribution < 1.29 is 71.9 Å². The molecule has 0 unspecified atom stereocenters. The number of carbonyl (C=O) groups is 1. The van der Waals surface area contributed by atoms with Gasteiger partial charge in [-0.3, -0.25) is 8.98 Å². The fraction of sp³-hybridized carbons (Fsp3) is 0.933. The van der Waals surface area contributed by atoms with Crippen LogP contribution >= 0.6 is 0 Å². The van der Waals surface area contributed by atoms with Crippen LogP contribution in [0.3, 0.4) is 0 Å². The predicted molar refractivity (Wildman–Crippen MR) is 90.7 cm³/mol. The van der Waals surface area contributed by atoms with E-state index in [1.54, 1.807) is 0 Å². The van der Waals surface area contributed by atoms with Gasteiger partial charge in [-0.15, -0.1) is 0 Å². The minimum atomic E-state index is -5.08. The maximum atomic E-state index is 11.7. The number of unbranched alkanes of at least 4 members (excludes halogenated alkanes) is 6. The van der Waals surface area contributed by atoms with Crippen molar-refractivity contribution in [1.82, 2.24) is 5.32 Å². The molecule has 0 rings (SSSR count). The molecular formula is C15H30NNaO9S. The van der Waals surface area contributed by atoms with Gasteiger partial charge in [0.2, 0.25) is 10.4 Å². The van der Waals surface area contributed by atoms with E-state index in [0.29, 0.717) is 6.42 Å². The average Bonchev–Trinajstić information content (AvgIpc) is 2.59. The van der Waals surface area contributed by atoms with Crippen molar-refractivity contribution in [3.05, 3.63) is 0 Å². The van der Waals surface area contributed by atoms with Gasteiger partial charge in [-0.2, -0.15) is 0 Å². The molecule has 0 aromatic heterocycles. The summed E-state index contributed by atoms with van der Waals surface area (Å²) in [4.78, 5) is 11.7. The molecule has 1 amide bonds. The first kappa shape index (κ1) is 29.4. The summed E-state index contributed by atoms with van der Waals surface area (Å²) in [6.07, 6.45) is -0.906. The third-order valence-electron chi connectivity index (χ3n) is 3.80. The first-order valence-electron chi connectivity index (χ1n) is 8.70. The Morgan fingerprint density at radius 3 is 2.04 bits per heavy atom. The predicted octanol–water partition coefficient (Wildman–Crippen LogP) is -4.22. The molecule has 0 saturated heterocycles. The van der Waals surface area contributed by atoms with E-state index in [-0.39, 0.29) is 36.1 Å². The van der Waals surface area contributed by atoms with Crippen molar-refractivity contribution in [3.63, 3.8) is 0 Å². The molecule has 0 aromatic rings. The molecule has 0 spiro atoms. The maximum absolute atomic E-state index is 11.7. The molecule has 10 nitrogen and oxygen atoms in total. The van der Waals surface area contributed by atoms with E-state index in [1.807, 2.05) is 0 Å². The smallest absolute Gasteiger partial charge is 0.726 e. The fourth-order valence-electron chi connectivity index (χ4n) is 2.22. The number of aliphatic hydroxyl groups is 4. The molecule has 0 saturated carbocycles. The molecule has 0 aliphatic carbocycles. The van der Waals surface area contributed by atoms with E-state index in [0.717, 1.165) is 25.7 Å². The molecule has 0 bridgehead atoms. The quantitative estimate of drug-likeness (QED) is 0.0756. The van der Waals surface area contributed by atoms with Gasteiger partial charge in [0.15, 0.2) is 6.10 Å². The van der Waals surface area contributed by atoms with Crippen LogP contribution in [0.25, 0.3) is 0 Å². The number of aliphatic hydroxyl groups excluding tert-OH is 4. The Bertz CT molecular complexity index is 492. The Balaban J connectivity index is 0. The molecular weight excluding hydrogens is 393 g/mol. The van der Waals surface area contributed by atoms with Gasteiger partial charge in [0.25, 0.3) is 5.91 Å². The Labute approximate surface area is 182 Å². The van der Waals surface area contributed by atoms with Crippen molar-refractivity contribution in [1.29, 1.82) is 0 Å². The second-order valence-electron chi connectivity index (χ2n) is 6.10. The Kier molecular flexibility index (Phi) is 17.4. The fourth-order valence-corrected chi connectivity index (χ4v) is 2.53. The van der Waals surface area contributed by atoms with Crippen molar-refractivity contribution in [2.24, 2.45) is 0 Å². The van der Waals surface area contributed by atoms with Gasteiger partial charge in [0.05, 0.1) is 6.61 Å². The molecule has 5 N–H and O–H groups in total. The van der Waals surface area contributed by atoms with E-state index < -0.39 is 47.3 Å².